The van der Waals surface area contributed by atoms with Gasteiger partial charge < -0.3 is 19.9 Å². The predicted molar refractivity (Wildman–Crippen MR) is 114 cm³/mol. The van der Waals surface area contributed by atoms with Crippen molar-refractivity contribution in [3.8, 4) is 11.1 Å². The quantitative estimate of drug-likeness (QED) is 0.651. The van der Waals surface area contributed by atoms with E-state index in [1.54, 1.807) is 13.2 Å². The maximum Gasteiger partial charge on any atom is 0.191 e. The highest BCUT2D eigenvalue weighted by Gasteiger charge is 2.17. The Hall–Kier alpha value is -3.19. The van der Waals surface area contributed by atoms with Gasteiger partial charge in [0.1, 0.15) is 5.82 Å². The van der Waals surface area contributed by atoms with E-state index in [9.17, 15) is 4.39 Å². The number of methoxy groups -OCH3 is 1. The smallest absolute Gasteiger partial charge is 0.191 e. The second kappa shape index (κ2) is 9.09. The lowest BCUT2D eigenvalue weighted by Crippen LogP contribution is -2.46. The third kappa shape index (κ3) is 4.52. The summed E-state index contributed by atoms with van der Waals surface area (Å²) in [5.41, 5.74) is 3.06. The molecule has 0 radical (unpaired) electrons. The molecule has 2 N–H and O–H groups in total. The van der Waals surface area contributed by atoms with E-state index in [1.165, 1.54) is 0 Å². The van der Waals surface area contributed by atoms with Crippen molar-refractivity contribution >= 4 is 5.96 Å². The number of halogens is 1. The van der Waals surface area contributed by atoms with E-state index in [0.717, 1.165) is 16.8 Å². The molecular weight excluding hydrogens is 383 g/mol. The lowest BCUT2D eigenvalue weighted by Gasteiger charge is -2.21. The maximum absolute atomic E-state index is 14.7. The van der Waals surface area contributed by atoms with E-state index in [-0.39, 0.29) is 17.8 Å². The first kappa shape index (κ1) is 20.1. The van der Waals surface area contributed by atoms with Crippen molar-refractivity contribution in [1.82, 2.24) is 15.8 Å². The molecule has 7 heteroatoms. The van der Waals surface area contributed by atoms with Crippen molar-refractivity contribution < 1.29 is 13.7 Å². The normalized spacial score (nSPS) is 17.2. The Labute approximate surface area is 175 Å². The standard InChI is InChI=1S/C23H25FN4O2/c1-15(17-8-9-20(21(24)10-17)16-6-4-3-5-7-16)22-11-18(30-28-22)12-25-23-26-13-19(29-2)14-27-23/h3-11,15,19H,12-14H2,1-2H3,(H2,25,26,27). The number of nitrogens with zero attached hydrogens (tertiary/aromatic N) is 2. The van der Waals surface area contributed by atoms with Crippen LogP contribution in [0.5, 0.6) is 0 Å². The SMILES string of the molecule is COC1CN=C(NCc2cc(C(C)c3ccc(-c4ccccc4)c(F)c3)no2)NC1. The average Bonchev–Trinajstić information content (AvgIpc) is 3.27. The molecule has 3 aromatic rings. The lowest BCUT2D eigenvalue weighted by molar-refractivity contribution is 0.109. The van der Waals surface area contributed by atoms with Gasteiger partial charge in [-0.05, 0) is 17.2 Å². The molecule has 1 aromatic heterocycles. The number of rotatable bonds is 6. The fourth-order valence-electron chi connectivity index (χ4n) is 3.41. The highest BCUT2D eigenvalue weighted by molar-refractivity contribution is 5.80. The van der Waals surface area contributed by atoms with Gasteiger partial charge in [0.25, 0.3) is 0 Å². The second-order valence-electron chi connectivity index (χ2n) is 7.33. The Morgan fingerprint density at radius 1 is 1.23 bits per heavy atom. The molecule has 2 atom stereocenters. The minimum absolute atomic E-state index is 0.0885. The van der Waals surface area contributed by atoms with Crippen LogP contribution in [0, 0.1) is 5.82 Å². The van der Waals surface area contributed by atoms with Crippen molar-refractivity contribution in [1.29, 1.82) is 0 Å². The van der Waals surface area contributed by atoms with Crippen LogP contribution in [0.4, 0.5) is 4.39 Å². The number of ether oxygens (including phenoxy) is 1. The first-order chi connectivity index (χ1) is 14.6. The van der Waals surface area contributed by atoms with Gasteiger partial charge in [-0.1, -0.05) is 54.5 Å². The summed E-state index contributed by atoms with van der Waals surface area (Å²) in [5, 5.41) is 10.6. The minimum atomic E-state index is -0.244. The molecule has 0 bridgehead atoms. The highest BCUT2D eigenvalue weighted by Crippen LogP contribution is 2.29. The molecule has 2 heterocycles. The Morgan fingerprint density at radius 2 is 2.07 bits per heavy atom. The van der Waals surface area contributed by atoms with Crippen LogP contribution in [0.2, 0.25) is 0 Å². The first-order valence-corrected chi connectivity index (χ1v) is 9.99. The van der Waals surface area contributed by atoms with Crippen LogP contribution in [0.15, 0.2) is 64.1 Å². The maximum atomic E-state index is 14.7. The minimum Gasteiger partial charge on any atom is -0.378 e. The van der Waals surface area contributed by atoms with E-state index in [2.05, 4.69) is 20.8 Å². The number of benzene rings is 2. The molecule has 1 aliphatic heterocycles. The molecule has 156 valence electrons. The largest absolute Gasteiger partial charge is 0.378 e. The van der Waals surface area contributed by atoms with Crippen molar-refractivity contribution in [2.75, 3.05) is 20.2 Å². The molecule has 30 heavy (non-hydrogen) atoms. The summed E-state index contributed by atoms with van der Waals surface area (Å²) in [6, 6.07) is 16.8. The summed E-state index contributed by atoms with van der Waals surface area (Å²) in [6.45, 7) is 3.79. The molecule has 2 unspecified atom stereocenters. The highest BCUT2D eigenvalue weighted by atomic mass is 19.1. The lowest BCUT2D eigenvalue weighted by atomic mass is 9.94. The Kier molecular flexibility index (Phi) is 6.09. The van der Waals surface area contributed by atoms with Crippen molar-refractivity contribution in [3.05, 3.63) is 77.4 Å². The summed E-state index contributed by atoms with van der Waals surface area (Å²) in [6.07, 6.45) is 0.0990. The van der Waals surface area contributed by atoms with Crippen LogP contribution in [0.25, 0.3) is 11.1 Å². The zero-order chi connectivity index (χ0) is 20.9. The van der Waals surface area contributed by atoms with Crippen LogP contribution >= 0.6 is 0 Å². The number of aromatic nitrogens is 1. The second-order valence-corrected chi connectivity index (χ2v) is 7.33. The molecule has 0 fully saturated rings. The van der Waals surface area contributed by atoms with E-state index >= 15 is 0 Å². The summed E-state index contributed by atoms with van der Waals surface area (Å²) < 4.78 is 25.4. The Bertz CT molecular complexity index is 1020. The van der Waals surface area contributed by atoms with Crippen molar-refractivity contribution in [3.63, 3.8) is 0 Å². The molecule has 1 aliphatic rings. The van der Waals surface area contributed by atoms with Gasteiger partial charge in [0.15, 0.2) is 11.7 Å². The number of nitrogens with one attached hydrogen (secondary N) is 2. The van der Waals surface area contributed by atoms with E-state index < -0.39 is 0 Å². The summed E-state index contributed by atoms with van der Waals surface area (Å²) in [7, 11) is 1.68. The van der Waals surface area contributed by atoms with E-state index in [0.29, 0.717) is 36.9 Å². The van der Waals surface area contributed by atoms with Crippen LogP contribution in [0.3, 0.4) is 0 Å². The predicted octanol–water partition coefficient (Wildman–Crippen LogP) is 3.70. The van der Waals surface area contributed by atoms with Gasteiger partial charge in [-0.2, -0.15) is 0 Å². The van der Waals surface area contributed by atoms with E-state index in [4.69, 9.17) is 9.26 Å². The molecule has 0 saturated heterocycles. The van der Waals surface area contributed by atoms with Crippen LogP contribution in [-0.2, 0) is 11.3 Å². The molecule has 6 nitrogen and oxygen atoms in total. The summed E-state index contributed by atoms with van der Waals surface area (Å²) in [4.78, 5) is 4.39. The van der Waals surface area contributed by atoms with Crippen molar-refractivity contribution in [2.24, 2.45) is 4.99 Å². The average molecular weight is 408 g/mol. The number of hydrogen-bond donors (Lipinski definition) is 2. The molecule has 2 aromatic carbocycles. The Balaban J connectivity index is 1.41. The van der Waals surface area contributed by atoms with Gasteiger partial charge >= 0.3 is 0 Å². The first-order valence-electron chi connectivity index (χ1n) is 9.99. The zero-order valence-corrected chi connectivity index (χ0v) is 17.1. The van der Waals surface area contributed by atoms with Gasteiger partial charge in [-0.15, -0.1) is 0 Å². The van der Waals surface area contributed by atoms with Gasteiger partial charge in [0.2, 0.25) is 0 Å². The number of hydrogen-bond acceptors (Lipinski definition) is 6. The monoisotopic (exact) mass is 408 g/mol. The number of guanidine groups is 1. The fourth-order valence-corrected chi connectivity index (χ4v) is 3.41. The third-order valence-electron chi connectivity index (χ3n) is 5.31. The molecule has 0 amide bonds. The van der Waals surface area contributed by atoms with Gasteiger partial charge in [0, 0.05) is 31.2 Å². The molecule has 0 saturated carbocycles. The topological polar surface area (TPSA) is 71.7 Å². The van der Waals surface area contributed by atoms with E-state index in [1.807, 2.05) is 55.5 Å². The van der Waals surface area contributed by atoms with Crippen LogP contribution in [0.1, 0.15) is 29.9 Å². The fraction of sp³-hybridized carbons (Fsp3) is 0.304. The van der Waals surface area contributed by atoms with Gasteiger partial charge in [-0.25, -0.2) is 4.39 Å². The molecule has 0 spiro atoms. The van der Waals surface area contributed by atoms with Crippen LogP contribution < -0.4 is 10.6 Å². The third-order valence-corrected chi connectivity index (χ3v) is 5.31. The molecule has 4 rings (SSSR count). The van der Waals surface area contributed by atoms with Crippen LogP contribution in [-0.4, -0.2) is 37.4 Å². The van der Waals surface area contributed by atoms with Crippen molar-refractivity contribution in [2.45, 2.75) is 25.5 Å². The van der Waals surface area contributed by atoms with Gasteiger partial charge in [0.05, 0.1) is 24.9 Å². The zero-order valence-electron chi connectivity index (χ0n) is 17.1. The molecular formula is C23H25FN4O2. The molecule has 0 aliphatic carbocycles. The summed E-state index contributed by atoms with van der Waals surface area (Å²) in [5.74, 6) is 1.07. The summed E-state index contributed by atoms with van der Waals surface area (Å²) >= 11 is 0. The number of aliphatic imine (C=N–C) groups is 1. The Morgan fingerprint density at radius 3 is 2.77 bits per heavy atom. The van der Waals surface area contributed by atoms with Gasteiger partial charge in [-0.3, -0.25) is 4.99 Å².